The lowest BCUT2D eigenvalue weighted by Crippen LogP contribution is -2.54. The molecule has 2 N–H and O–H groups in total. The Bertz CT molecular complexity index is 1400. The number of aromatic nitrogens is 2. The van der Waals surface area contributed by atoms with Gasteiger partial charge in [-0.1, -0.05) is 31.7 Å². The van der Waals surface area contributed by atoms with E-state index in [9.17, 15) is 31.9 Å². The molecule has 3 aliphatic rings. The van der Waals surface area contributed by atoms with Gasteiger partial charge in [-0.2, -0.15) is 23.5 Å². The van der Waals surface area contributed by atoms with Crippen LogP contribution in [0.2, 0.25) is 0 Å². The van der Waals surface area contributed by atoms with Crippen LogP contribution in [-0.4, -0.2) is 57.7 Å². The number of amides is 3. The van der Waals surface area contributed by atoms with Gasteiger partial charge < -0.3 is 15.5 Å². The highest BCUT2D eigenvalue weighted by atomic mass is 19.4. The van der Waals surface area contributed by atoms with Crippen LogP contribution in [0.1, 0.15) is 93.7 Å². The molecule has 2 aromatic rings. The summed E-state index contributed by atoms with van der Waals surface area (Å²) in [5.41, 5.74) is 0.140. The molecule has 45 heavy (non-hydrogen) atoms. The summed E-state index contributed by atoms with van der Waals surface area (Å²) in [4.78, 5) is 38.3. The number of anilines is 1. The Morgan fingerprint density at radius 1 is 1.04 bits per heavy atom. The van der Waals surface area contributed by atoms with Crippen LogP contribution >= 0.6 is 0 Å². The molecule has 1 saturated heterocycles. The largest absolute Gasteiger partial charge is 0.408 e. The van der Waals surface area contributed by atoms with Gasteiger partial charge in [-0.25, -0.2) is 4.39 Å². The maximum Gasteiger partial charge on any atom is 0.408 e. The number of alkyl halides is 3. The zero-order valence-corrected chi connectivity index (χ0v) is 25.7. The standard InChI is InChI=1S/C25H28F4N6O3.C7H12/c1-14(2)35-20(8-9-32-35)23(37)31-12-22(36)33-19-6-5-17(10-18(19)26)15(3)24(38)34-13-16(11-30)4-7-21(34)25(27,28)29;1-2-6(1)5-7-3-4-7/h5-6,8-10,14-16,21H,4,7,12-13H2,1-3H3,(H,31,37)(H,33,36);6-7H,1-5H2. The lowest BCUT2D eigenvalue weighted by Gasteiger charge is -2.39. The van der Waals surface area contributed by atoms with Gasteiger partial charge in [0, 0.05) is 18.8 Å². The Morgan fingerprint density at radius 2 is 1.71 bits per heavy atom. The average molecular weight is 633 g/mol. The molecule has 2 aliphatic carbocycles. The predicted octanol–water partition coefficient (Wildman–Crippen LogP) is 5.96. The number of carbonyl (C=O) groups is 3. The molecule has 244 valence electrons. The van der Waals surface area contributed by atoms with Crippen LogP contribution in [0.4, 0.5) is 23.2 Å². The first-order valence-corrected chi connectivity index (χ1v) is 15.5. The van der Waals surface area contributed by atoms with Crippen LogP contribution in [0, 0.1) is 34.9 Å². The maximum absolute atomic E-state index is 14.8. The molecule has 2 saturated carbocycles. The number of nitriles is 1. The van der Waals surface area contributed by atoms with E-state index in [0.29, 0.717) is 4.90 Å². The van der Waals surface area contributed by atoms with Crippen molar-refractivity contribution in [3.8, 4) is 6.07 Å². The van der Waals surface area contributed by atoms with Crippen molar-refractivity contribution in [3.63, 3.8) is 0 Å². The molecule has 1 aliphatic heterocycles. The SMILES string of the molecule is C1CC1CC1CC1.CC(C(=O)N1CC(C#N)CCC1C(F)(F)F)c1ccc(NC(=O)CNC(=O)c2ccnn2C(C)C)c(F)c1. The number of benzene rings is 1. The summed E-state index contributed by atoms with van der Waals surface area (Å²) in [6, 6.07) is 4.80. The Hall–Kier alpha value is -3.95. The molecule has 2 heterocycles. The summed E-state index contributed by atoms with van der Waals surface area (Å²) in [7, 11) is 0. The van der Waals surface area contributed by atoms with Crippen molar-refractivity contribution in [3.05, 3.63) is 47.5 Å². The summed E-state index contributed by atoms with van der Waals surface area (Å²) in [5.74, 6) is -2.49. The van der Waals surface area contributed by atoms with Crippen molar-refractivity contribution in [2.75, 3.05) is 18.4 Å². The molecular formula is C32H40F4N6O3. The first-order valence-electron chi connectivity index (χ1n) is 15.5. The van der Waals surface area contributed by atoms with Gasteiger partial charge >= 0.3 is 6.18 Å². The molecular weight excluding hydrogens is 592 g/mol. The normalized spacial score (nSPS) is 20.5. The molecule has 5 rings (SSSR count). The summed E-state index contributed by atoms with van der Waals surface area (Å²) in [5, 5.41) is 17.9. The van der Waals surface area contributed by atoms with Crippen LogP contribution < -0.4 is 10.6 Å². The first-order chi connectivity index (χ1) is 21.3. The fourth-order valence-corrected chi connectivity index (χ4v) is 5.48. The van der Waals surface area contributed by atoms with Gasteiger partial charge in [-0.3, -0.25) is 19.1 Å². The molecule has 1 aromatic heterocycles. The highest BCUT2D eigenvalue weighted by Crippen LogP contribution is 2.44. The summed E-state index contributed by atoms with van der Waals surface area (Å²) >= 11 is 0. The van der Waals surface area contributed by atoms with Gasteiger partial charge in [-0.05, 0) is 75.6 Å². The van der Waals surface area contributed by atoms with Crippen LogP contribution in [0.5, 0.6) is 0 Å². The topological polar surface area (TPSA) is 120 Å². The van der Waals surface area contributed by atoms with Crippen LogP contribution in [-0.2, 0) is 9.59 Å². The fraction of sp³-hybridized carbons (Fsp3) is 0.594. The minimum atomic E-state index is -4.65. The molecule has 0 radical (unpaired) electrons. The van der Waals surface area contributed by atoms with Gasteiger partial charge in [0.2, 0.25) is 11.8 Å². The summed E-state index contributed by atoms with van der Waals surface area (Å²) < 4.78 is 56.8. The average Bonchev–Trinajstić information content (AvgIpc) is 3.95. The van der Waals surface area contributed by atoms with Crippen molar-refractivity contribution in [1.82, 2.24) is 20.0 Å². The van der Waals surface area contributed by atoms with Crippen molar-refractivity contribution >= 4 is 23.4 Å². The van der Waals surface area contributed by atoms with Crippen LogP contribution in [0.25, 0.3) is 0 Å². The van der Waals surface area contributed by atoms with E-state index in [1.165, 1.54) is 47.8 Å². The van der Waals surface area contributed by atoms with E-state index in [1.807, 2.05) is 19.9 Å². The molecule has 3 amide bonds. The van der Waals surface area contributed by atoms with E-state index in [0.717, 1.165) is 6.07 Å². The minimum Gasteiger partial charge on any atom is -0.342 e. The summed E-state index contributed by atoms with van der Waals surface area (Å²) in [6.45, 7) is 4.22. The number of carbonyl (C=O) groups excluding carboxylic acids is 3. The first kappa shape index (κ1) is 33.9. The van der Waals surface area contributed by atoms with Gasteiger partial charge in [0.15, 0.2) is 0 Å². The lowest BCUT2D eigenvalue weighted by molar-refractivity contribution is -0.198. The zero-order chi connectivity index (χ0) is 32.9. The van der Waals surface area contributed by atoms with E-state index in [-0.39, 0.29) is 42.4 Å². The van der Waals surface area contributed by atoms with Gasteiger partial charge in [-0.15, -0.1) is 0 Å². The van der Waals surface area contributed by atoms with E-state index in [1.54, 1.807) is 32.1 Å². The maximum atomic E-state index is 14.8. The molecule has 3 fully saturated rings. The van der Waals surface area contributed by atoms with Crippen LogP contribution in [0.3, 0.4) is 0 Å². The Morgan fingerprint density at radius 3 is 2.27 bits per heavy atom. The van der Waals surface area contributed by atoms with Gasteiger partial charge in [0.25, 0.3) is 5.91 Å². The third-order valence-electron chi connectivity index (χ3n) is 8.43. The highest BCUT2D eigenvalue weighted by Gasteiger charge is 2.48. The van der Waals surface area contributed by atoms with E-state index >= 15 is 0 Å². The number of halogens is 4. The fourth-order valence-electron chi connectivity index (χ4n) is 5.48. The third-order valence-corrected chi connectivity index (χ3v) is 8.43. The zero-order valence-electron chi connectivity index (χ0n) is 25.7. The smallest absolute Gasteiger partial charge is 0.342 e. The molecule has 13 heteroatoms. The Balaban J connectivity index is 0.000000569. The number of nitrogens with zero attached hydrogens (tertiary/aromatic N) is 4. The number of nitrogens with one attached hydrogen (secondary N) is 2. The second kappa shape index (κ2) is 14.4. The van der Waals surface area contributed by atoms with E-state index < -0.39 is 54.1 Å². The molecule has 0 spiro atoms. The molecule has 3 unspecified atom stereocenters. The number of rotatable bonds is 9. The van der Waals surface area contributed by atoms with Crippen molar-refractivity contribution < 1.29 is 31.9 Å². The molecule has 1 aromatic carbocycles. The quantitative estimate of drug-likeness (QED) is 0.331. The van der Waals surface area contributed by atoms with Crippen molar-refractivity contribution in [2.45, 2.75) is 89.9 Å². The molecule has 3 atom stereocenters. The lowest BCUT2D eigenvalue weighted by atomic mass is 9.90. The Kier molecular flexibility index (Phi) is 10.9. The number of hydrogen-bond acceptors (Lipinski definition) is 5. The third kappa shape index (κ3) is 9.28. The number of piperidine rings is 1. The van der Waals surface area contributed by atoms with Crippen molar-refractivity contribution in [2.24, 2.45) is 17.8 Å². The minimum absolute atomic E-state index is 0.0314. The van der Waals surface area contributed by atoms with Crippen LogP contribution in [0.15, 0.2) is 30.5 Å². The second-order valence-electron chi connectivity index (χ2n) is 12.5. The molecule has 9 nitrogen and oxygen atoms in total. The van der Waals surface area contributed by atoms with E-state index in [2.05, 4.69) is 15.7 Å². The van der Waals surface area contributed by atoms with Gasteiger partial charge in [0.05, 0.1) is 30.1 Å². The van der Waals surface area contributed by atoms with E-state index in [4.69, 9.17) is 5.26 Å². The second-order valence-corrected chi connectivity index (χ2v) is 12.5. The highest BCUT2D eigenvalue weighted by molar-refractivity contribution is 5.98. The number of likely N-dealkylation sites (tertiary alicyclic amines) is 1. The Labute approximate surface area is 260 Å². The van der Waals surface area contributed by atoms with Gasteiger partial charge in [0.1, 0.15) is 17.6 Å². The molecule has 0 bridgehead atoms. The number of hydrogen-bond donors (Lipinski definition) is 2. The predicted molar refractivity (Wildman–Crippen MR) is 158 cm³/mol. The monoisotopic (exact) mass is 632 g/mol. The van der Waals surface area contributed by atoms with Crippen molar-refractivity contribution in [1.29, 1.82) is 5.26 Å². The summed E-state index contributed by atoms with van der Waals surface area (Å²) in [6.07, 6.45) is 4.24.